The number of aliphatic hydroxyl groups is 1. The first kappa shape index (κ1) is 23.1. The predicted molar refractivity (Wildman–Crippen MR) is 98.1 cm³/mol. The van der Waals surface area contributed by atoms with Crippen molar-refractivity contribution in [3.05, 3.63) is 12.2 Å². The van der Waals surface area contributed by atoms with Gasteiger partial charge < -0.3 is 15.1 Å². The summed E-state index contributed by atoms with van der Waals surface area (Å²) in [7, 11) is 0. The monoisotopic (exact) mass is 385 g/mol. The van der Waals surface area contributed by atoms with Crippen molar-refractivity contribution in [1.29, 1.82) is 0 Å². The van der Waals surface area contributed by atoms with Gasteiger partial charge in [-0.2, -0.15) is 8.78 Å². The number of hydrogen-bond donors (Lipinski definition) is 2. The third-order valence-electron chi connectivity index (χ3n) is 4.79. The highest BCUT2D eigenvalue weighted by molar-refractivity contribution is 5.90. The molecule has 27 heavy (non-hydrogen) atoms. The highest BCUT2D eigenvalue weighted by atomic mass is 19.3. The van der Waals surface area contributed by atoms with Crippen molar-refractivity contribution in [2.75, 3.05) is 0 Å². The van der Waals surface area contributed by atoms with Crippen LogP contribution in [0.25, 0.3) is 0 Å². The summed E-state index contributed by atoms with van der Waals surface area (Å²) >= 11 is 0. The maximum atomic E-state index is 14.0. The van der Waals surface area contributed by atoms with E-state index in [2.05, 4.69) is 11.8 Å². The molecule has 5 nitrogen and oxygen atoms in total. The Morgan fingerprint density at radius 1 is 1.44 bits per heavy atom. The number of amides is 1. The lowest BCUT2D eigenvalue weighted by atomic mass is 9.99. The third-order valence-corrected chi connectivity index (χ3v) is 4.79. The fourth-order valence-electron chi connectivity index (χ4n) is 3.11. The summed E-state index contributed by atoms with van der Waals surface area (Å²) in [5.74, 6) is -0.990. The van der Waals surface area contributed by atoms with Gasteiger partial charge in [-0.15, -0.1) is 11.8 Å². The van der Waals surface area contributed by atoms with Crippen molar-refractivity contribution < 1.29 is 28.6 Å². The molecule has 0 saturated carbocycles. The molecule has 7 heteroatoms. The molecular formula is C20H29F2NO4. The second-order valence-electron chi connectivity index (χ2n) is 7.02. The topological polar surface area (TPSA) is 77.8 Å². The van der Waals surface area contributed by atoms with Crippen LogP contribution in [0, 0.1) is 17.8 Å². The molecule has 2 N–H and O–H groups in total. The van der Waals surface area contributed by atoms with E-state index in [4.69, 9.17) is 0 Å². The Bertz CT molecular complexity index is 609. The number of hydrogen-bond acceptors (Lipinski definition) is 3. The zero-order valence-corrected chi connectivity index (χ0v) is 16.1. The van der Waals surface area contributed by atoms with Crippen molar-refractivity contribution in [2.24, 2.45) is 5.92 Å². The van der Waals surface area contributed by atoms with Crippen LogP contribution in [0.1, 0.15) is 59.3 Å². The van der Waals surface area contributed by atoms with Crippen LogP contribution in [0.2, 0.25) is 0 Å². The number of aliphatic hydroxyl groups excluding tert-OH is 1. The van der Waals surface area contributed by atoms with Gasteiger partial charge >= 0.3 is 11.9 Å². The van der Waals surface area contributed by atoms with E-state index in [1.807, 2.05) is 6.92 Å². The fraction of sp³-hybridized carbons (Fsp3) is 0.700. The summed E-state index contributed by atoms with van der Waals surface area (Å²) in [5, 5.41) is 19.6. The number of halogens is 2. The minimum absolute atomic E-state index is 0.125. The highest BCUT2D eigenvalue weighted by Crippen LogP contribution is 2.36. The molecule has 1 saturated heterocycles. The Kier molecular flexibility index (Phi) is 8.91. The number of unbranched alkanes of at least 4 members (excludes halogenated alkanes) is 2. The third kappa shape index (κ3) is 6.31. The first-order valence-corrected chi connectivity index (χ1v) is 9.35. The van der Waals surface area contributed by atoms with E-state index in [1.54, 1.807) is 13.8 Å². The first-order chi connectivity index (χ1) is 12.7. The molecule has 1 rings (SSSR count). The van der Waals surface area contributed by atoms with Gasteiger partial charge in [0.15, 0.2) is 0 Å². The van der Waals surface area contributed by atoms with E-state index in [0.29, 0.717) is 12.8 Å². The summed E-state index contributed by atoms with van der Waals surface area (Å²) in [6.45, 7) is 5.40. The molecular weight excluding hydrogens is 356 g/mol. The number of alkyl halides is 2. The van der Waals surface area contributed by atoms with Gasteiger partial charge in [-0.25, -0.2) is 4.79 Å². The number of carbonyl (C=O) groups is 2. The maximum Gasteiger partial charge on any atom is 0.327 e. The molecule has 152 valence electrons. The molecule has 0 aromatic rings. The molecule has 0 spiro atoms. The minimum atomic E-state index is -3.60. The molecule has 1 aliphatic heterocycles. The second-order valence-corrected chi connectivity index (χ2v) is 7.02. The van der Waals surface area contributed by atoms with E-state index in [-0.39, 0.29) is 12.3 Å². The Morgan fingerprint density at radius 2 is 2.11 bits per heavy atom. The molecule has 1 heterocycles. The van der Waals surface area contributed by atoms with Crippen molar-refractivity contribution >= 4 is 11.9 Å². The van der Waals surface area contributed by atoms with E-state index < -0.39 is 42.4 Å². The average Bonchev–Trinajstić information content (AvgIpc) is 2.83. The van der Waals surface area contributed by atoms with Crippen LogP contribution in [-0.4, -0.2) is 51.1 Å². The van der Waals surface area contributed by atoms with Crippen LogP contribution >= 0.6 is 0 Å². The van der Waals surface area contributed by atoms with Gasteiger partial charge in [0.25, 0.3) is 5.91 Å². The Labute approximate surface area is 159 Å². The van der Waals surface area contributed by atoms with Gasteiger partial charge in [-0.05, 0) is 19.3 Å². The normalized spacial score (nSPS) is 22.4. The predicted octanol–water partition coefficient (Wildman–Crippen LogP) is 3.22. The molecule has 0 aromatic carbocycles. The van der Waals surface area contributed by atoms with Crippen LogP contribution in [0.4, 0.5) is 8.78 Å². The molecule has 0 aromatic heterocycles. The van der Waals surface area contributed by atoms with Crippen molar-refractivity contribution in [3.63, 3.8) is 0 Å². The summed E-state index contributed by atoms with van der Waals surface area (Å²) in [6, 6.07) is -2.36. The molecule has 0 radical (unpaired) electrons. The van der Waals surface area contributed by atoms with E-state index in [9.17, 15) is 28.6 Å². The molecule has 0 aliphatic carbocycles. The zero-order valence-electron chi connectivity index (χ0n) is 16.1. The lowest BCUT2D eigenvalue weighted by molar-refractivity contribution is -0.157. The standard InChI is InChI=1S/C20H29F2NO4/c1-4-6-8-10-16(18(25)26)23-15(13-20(21,22)19(23)27)11-12-17(24)14(3)9-7-5-2/h11-12,14-17,24H,4,6,8-10,13H2,1-3H3,(H,25,26)/b12-11+/t14?,15-,16?,17?/m0/s1. The smallest absolute Gasteiger partial charge is 0.327 e. The van der Waals surface area contributed by atoms with Gasteiger partial charge in [0, 0.05) is 12.8 Å². The van der Waals surface area contributed by atoms with Gasteiger partial charge in [0.05, 0.1) is 12.1 Å². The lowest BCUT2D eigenvalue weighted by Crippen LogP contribution is -2.47. The lowest BCUT2D eigenvalue weighted by Gasteiger charge is -2.29. The molecule has 1 fully saturated rings. The zero-order chi connectivity index (χ0) is 20.6. The van der Waals surface area contributed by atoms with Gasteiger partial charge in [0.2, 0.25) is 0 Å². The Balaban J connectivity index is 2.99. The van der Waals surface area contributed by atoms with E-state index in [1.165, 1.54) is 12.2 Å². The number of carbonyl (C=O) groups excluding carboxylic acids is 1. The SMILES string of the molecule is CC#CCC(C)C(O)/C=C/[C@H]1CC(F)(F)C(=O)N1C(CCCCC)C(=O)O. The maximum absolute atomic E-state index is 14.0. The number of likely N-dealkylation sites (tertiary alicyclic amines) is 1. The van der Waals surface area contributed by atoms with Crippen LogP contribution in [0.5, 0.6) is 0 Å². The molecule has 0 bridgehead atoms. The number of aliphatic carboxylic acids is 1. The summed E-state index contributed by atoms with van der Waals surface area (Å²) in [6.07, 6.45) is 3.71. The highest BCUT2D eigenvalue weighted by Gasteiger charge is 2.55. The minimum Gasteiger partial charge on any atom is -0.480 e. The number of nitrogens with zero attached hydrogens (tertiary/aromatic N) is 1. The average molecular weight is 385 g/mol. The Morgan fingerprint density at radius 3 is 2.67 bits per heavy atom. The first-order valence-electron chi connectivity index (χ1n) is 9.35. The summed E-state index contributed by atoms with van der Waals surface area (Å²) in [5.41, 5.74) is 0. The van der Waals surface area contributed by atoms with Crippen LogP contribution < -0.4 is 0 Å². The largest absolute Gasteiger partial charge is 0.480 e. The molecule has 3 unspecified atom stereocenters. The van der Waals surface area contributed by atoms with Crippen LogP contribution in [0.3, 0.4) is 0 Å². The van der Waals surface area contributed by atoms with E-state index >= 15 is 0 Å². The van der Waals surface area contributed by atoms with Crippen molar-refractivity contribution in [3.8, 4) is 11.8 Å². The molecule has 1 aliphatic rings. The molecule has 1 amide bonds. The molecule has 4 atom stereocenters. The van der Waals surface area contributed by atoms with E-state index in [0.717, 1.165) is 17.7 Å². The van der Waals surface area contributed by atoms with Crippen molar-refractivity contribution in [2.45, 2.75) is 83.4 Å². The van der Waals surface area contributed by atoms with Crippen LogP contribution in [-0.2, 0) is 9.59 Å². The number of carboxylic acid groups (broad SMARTS) is 1. The van der Waals surface area contributed by atoms with Gasteiger partial charge in [-0.3, -0.25) is 4.79 Å². The quantitative estimate of drug-likeness (QED) is 0.344. The summed E-state index contributed by atoms with van der Waals surface area (Å²) < 4.78 is 28.0. The van der Waals surface area contributed by atoms with Gasteiger partial charge in [0.1, 0.15) is 6.04 Å². The fourth-order valence-corrected chi connectivity index (χ4v) is 3.11. The number of carboxylic acids is 1. The van der Waals surface area contributed by atoms with Gasteiger partial charge in [-0.1, -0.05) is 45.3 Å². The summed E-state index contributed by atoms with van der Waals surface area (Å²) in [4.78, 5) is 24.5. The Hall–Kier alpha value is -1.94. The second kappa shape index (κ2) is 10.4. The van der Waals surface area contributed by atoms with Crippen molar-refractivity contribution in [1.82, 2.24) is 4.90 Å². The number of rotatable bonds is 10. The van der Waals surface area contributed by atoms with Crippen LogP contribution in [0.15, 0.2) is 12.2 Å².